The lowest BCUT2D eigenvalue weighted by molar-refractivity contribution is -0.128. The predicted octanol–water partition coefficient (Wildman–Crippen LogP) is 4.45. The molecule has 0 aromatic heterocycles. The molecular weight excluding hydrogens is 436 g/mol. The summed E-state index contributed by atoms with van der Waals surface area (Å²) in [4.78, 5) is 13.2. The number of hydrogen-bond donors (Lipinski definition) is 1. The van der Waals surface area contributed by atoms with Crippen molar-refractivity contribution in [2.75, 3.05) is 17.6 Å². The lowest BCUT2D eigenvalue weighted by Gasteiger charge is -2.24. The number of carbonyl (C=O) groups excluding carboxylic acids is 1. The topological polar surface area (TPSA) is 75.7 Å². The molecule has 3 aromatic carbocycles. The Morgan fingerprint density at radius 1 is 0.970 bits per heavy atom. The second-order valence-electron chi connectivity index (χ2n) is 8.01. The van der Waals surface area contributed by atoms with Crippen LogP contribution in [0.4, 0.5) is 5.69 Å². The molecule has 1 amide bonds. The molecule has 3 rings (SSSR count). The molecule has 0 aliphatic carbocycles. The molecule has 7 heteroatoms. The Morgan fingerprint density at radius 2 is 1.61 bits per heavy atom. The van der Waals surface area contributed by atoms with Gasteiger partial charge in [-0.2, -0.15) is 0 Å². The molecule has 0 saturated carbocycles. The summed E-state index contributed by atoms with van der Waals surface area (Å²) in [6.45, 7) is 3.91. The van der Waals surface area contributed by atoms with Crippen molar-refractivity contribution >= 4 is 21.6 Å². The normalized spacial score (nSPS) is 13.1. The van der Waals surface area contributed by atoms with Gasteiger partial charge in [0.25, 0.3) is 5.91 Å². The monoisotopic (exact) mass is 466 g/mol. The molecule has 0 spiro atoms. The maximum atomic E-state index is 13.2. The van der Waals surface area contributed by atoms with E-state index >= 15 is 0 Å². The lowest BCUT2D eigenvalue weighted by Crippen LogP contribution is -2.40. The van der Waals surface area contributed by atoms with Gasteiger partial charge >= 0.3 is 0 Å². The molecule has 174 valence electrons. The first kappa shape index (κ1) is 24.3. The van der Waals surface area contributed by atoms with E-state index in [0.717, 1.165) is 22.9 Å². The van der Waals surface area contributed by atoms with Crippen molar-refractivity contribution in [3.63, 3.8) is 0 Å². The fourth-order valence-corrected chi connectivity index (χ4v) is 4.01. The van der Waals surface area contributed by atoms with Gasteiger partial charge in [-0.15, -0.1) is 0 Å². The SMILES string of the molecule is CCC(Oc1ccc(N(C)S(C)(=O)=O)cc1)C(=O)NC(c1ccccc1)c1cccc(C)c1. The molecule has 33 heavy (non-hydrogen) atoms. The van der Waals surface area contributed by atoms with Crippen LogP contribution in [0.15, 0.2) is 78.9 Å². The maximum Gasteiger partial charge on any atom is 0.261 e. The van der Waals surface area contributed by atoms with Crippen LogP contribution in [-0.4, -0.2) is 33.7 Å². The molecule has 3 aromatic rings. The minimum absolute atomic E-state index is 0.217. The Morgan fingerprint density at radius 3 is 2.18 bits per heavy atom. The molecule has 0 radical (unpaired) electrons. The smallest absolute Gasteiger partial charge is 0.261 e. The van der Waals surface area contributed by atoms with E-state index in [1.807, 2.05) is 62.4 Å². The molecule has 0 fully saturated rings. The fourth-order valence-electron chi connectivity index (χ4n) is 3.50. The summed E-state index contributed by atoms with van der Waals surface area (Å²) < 4.78 is 30.6. The highest BCUT2D eigenvalue weighted by Gasteiger charge is 2.24. The quantitative estimate of drug-likeness (QED) is 0.505. The third-order valence-corrected chi connectivity index (χ3v) is 6.64. The molecule has 2 atom stereocenters. The number of nitrogens with zero attached hydrogens (tertiary/aromatic N) is 1. The lowest BCUT2D eigenvalue weighted by atomic mass is 9.97. The van der Waals surface area contributed by atoms with E-state index in [1.54, 1.807) is 24.3 Å². The van der Waals surface area contributed by atoms with Crippen molar-refractivity contribution in [1.82, 2.24) is 5.32 Å². The number of ether oxygens (including phenoxy) is 1. The zero-order valence-electron chi connectivity index (χ0n) is 19.4. The van der Waals surface area contributed by atoms with Crippen molar-refractivity contribution in [2.45, 2.75) is 32.4 Å². The minimum atomic E-state index is -3.35. The summed E-state index contributed by atoms with van der Waals surface area (Å²) in [5, 5.41) is 3.15. The van der Waals surface area contributed by atoms with Crippen molar-refractivity contribution in [3.05, 3.63) is 95.6 Å². The number of amides is 1. The summed E-state index contributed by atoms with van der Waals surface area (Å²) in [5.74, 6) is 0.277. The first-order valence-corrected chi connectivity index (χ1v) is 12.7. The van der Waals surface area contributed by atoms with Gasteiger partial charge in [-0.05, 0) is 48.7 Å². The summed E-state index contributed by atoms with van der Waals surface area (Å²) in [6, 6.07) is 24.2. The third kappa shape index (κ3) is 6.35. The number of sulfonamides is 1. The first-order chi connectivity index (χ1) is 15.7. The molecular formula is C26H30N2O4S. The molecule has 0 aliphatic rings. The van der Waals surface area contributed by atoms with Gasteiger partial charge in [-0.1, -0.05) is 67.1 Å². The number of nitrogens with one attached hydrogen (secondary N) is 1. The molecule has 0 heterocycles. The Labute approximate surface area is 196 Å². The Bertz CT molecular complexity index is 1180. The molecule has 1 N–H and O–H groups in total. The van der Waals surface area contributed by atoms with Crippen molar-refractivity contribution in [2.24, 2.45) is 0 Å². The Balaban J connectivity index is 1.78. The van der Waals surface area contributed by atoms with Crippen LogP contribution in [0.5, 0.6) is 5.75 Å². The second kappa shape index (κ2) is 10.5. The summed E-state index contributed by atoms with van der Waals surface area (Å²) in [7, 11) is -1.86. The van der Waals surface area contributed by atoms with Crippen molar-refractivity contribution < 1.29 is 17.9 Å². The minimum Gasteiger partial charge on any atom is -0.481 e. The highest BCUT2D eigenvalue weighted by atomic mass is 32.2. The highest BCUT2D eigenvalue weighted by Crippen LogP contribution is 2.25. The van der Waals surface area contributed by atoms with E-state index in [9.17, 15) is 13.2 Å². The van der Waals surface area contributed by atoms with E-state index < -0.39 is 16.1 Å². The molecule has 0 saturated heterocycles. The number of benzene rings is 3. The fraction of sp³-hybridized carbons (Fsp3) is 0.269. The summed E-state index contributed by atoms with van der Waals surface area (Å²) in [5.41, 5.74) is 3.62. The van der Waals surface area contributed by atoms with Crippen LogP contribution in [0, 0.1) is 6.92 Å². The second-order valence-corrected chi connectivity index (χ2v) is 10.0. The zero-order chi connectivity index (χ0) is 24.0. The molecule has 0 aliphatic heterocycles. The number of hydrogen-bond acceptors (Lipinski definition) is 4. The van der Waals surface area contributed by atoms with Crippen LogP contribution in [0.3, 0.4) is 0 Å². The summed E-state index contributed by atoms with van der Waals surface area (Å²) in [6.07, 6.45) is 0.929. The zero-order valence-corrected chi connectivity index (χ0v) is 20.2. The van der Waals surface area contributed by atoms with Crippen LogP contribution in [0.2, 0.25) is 0 Å². The van der Waals surface area contributed by atoms with Gasteiger partial charge in [0.05, 0.1) is 18.0 Å². The van der Waals surface area contributed by atoms with Gasteiger partial charge in [-0.25, -0.2) is 8.42 Å². The average molecular weight is 467 g/mol. The standard InChI is InChI=1S/C26H30N2O4S/c1-5-24(32-23-16-14-22(15-17-23)28(3)33(4,30)31)26(29)27-25(20-11-7-6-8-12-20)21-13-9-10-19(2)18-21/h6-18,24-25H,5H2,1-4H3,(H,27,29). The van der Waals surface area contributed by atoms with E-state index in [-0.39, 0.29) is 11.9 Å². The van der Waals surface area contributed by atoms with Gasteiger partial charge in [0.2, 0.25) is 10.0 Å². The Kier molecular flexibility index (Phi) is 7.76. The van der Waals surface area contributed by atoms with Gasteiger partial charge in [0, 0.05) is 7.05 Å². The van der Waals surface area contributed by atoms with E-state index in [1.165, 1.54) is 11.4 Å². The third-order valence-electron chi connectivity index (χ3n) is 5.43. The van der Waals surface area contributed by atoms with E-state index in [2.05, 4.69) is 11.4 Å². The van der Waals surface area contributed by atoms with Gasteiger partial charge in [0.1, 0.15) is 5.75 Å². The van der Waals surface area contributed by atoms with Gasteiger partial charge in [0.15, 0.2) is 6.10 Å². The number of rotatable bonds is 9. The van der Waals surface area contributed by atoms with Crippen LogP contribution >= 0.6 is 0 Å². The number of aryl methyl sites for hydroxylation is 1. The van der Waals surface area contributed by atoms with Gasteiger partial charge < -0.3 is 10.1 Å². The largest absolute Gasteiger partial charge is 0.481 e. The Hall–Kier alpha value is -3.32. The first-order valence-electron chi connectivity index (χ1n) is 10.8. The van der Waals surface area contributed by atoms with E-state index in [4.69, 9.17) is 4.74 Å². The van der Waals surface area contributed by atoms with Gasteiger partial charge in [-0.3, -0.25) is 9.10 Å². The average Bonchev–Trinajstić information content (AvgIpc) is 2.80. The number of anilines is 1. The van der Waals surface area contributed by atoms with Crippen molar-refractivity contribution in [1.29, 1.82) is 0 Å². The molecule has 2 unspecified atom stereocenters. The molecule has 6 nitrogen and oxygen atoms in total. The van der Waals surface area contributed by atoms with Crippen LogP contribution in [-0.2, 0) is 14.8 Å². The van der Waals surface area contributed by atoms with Crippen LogP contribution in [0.25, 0.3) is 0 Å². The van der Waals surface area contributed by atoms with E-state index in [0.29, 0.717) is 17.9 Å². The highest BCUT2D eigenvalue weighted by molar-refractivity contribution is 7.92. The predicted molar refractivity (Wildman–Crippen MR) is 132 cm³/mol. The van der Waals surface area contributed by atoms with Crippen LogP contribution < -0.4 is 14.4 Å². The summed E-state index contributed by atoms with van der Waals surface area (Å²) >= 11 is 0. The maximum absolute atomic E-state index is 13.2. The number of carbonyl (C=O) groups is 1. The molecule has 0 bridgehead atoms. The van der Waals surface area contributed by atoms with Crippen molar-refractivity contribution in [3.8, 4) is 5.75 Å². The van der Waals surface area contributed by atoms with Crippen LogP contribution in [0.1, 0.15) is 36.1 Å².